The van der Waals surface area contributed by atoms with Gasteiger partial charge >= 0.3 is 73.4 Å². The molecule has 9 heteroatoms. The van der Waals surface area contributed by atoms with Gasteiger partial charge in [0, 0.05) is 37.6 Å². The third kappa shape index (κ3) is 9.87. The Morgan fingerprint density at radius 2 is 1.14 bits per heavy atom. The molecule has 0 atom stereocenters. The predicted molar refractivity (Wildman–Crippen MR) is 189 cm³/mol. The quantitative estimate of drug-likeness (QED) is 0.194. The Hall–Kier alpha value is -1.75. The van der Waals surface area contributed by atoms with E-state index >= 15 is 0 Å². The van der Waals surface area contributed by atoms with Crippen LogP contribution in [0, 0.1) is 54.9 Å². The molecule has 4 radical (unpaired) electrons. The number of rotatable bonds is 4. The standard InChI is InChI=1S/C21H26N2.C7H10Cl2N2.C7H6.2ClH.Ru/c1-14-9-16(3)20(17(4)10-14)22-7-8-23(13-22)21-18(5)11-15(2)12-19(21)6;1-5(2)11-4-10(3)6(8)7(11)9;1-7-5-3-2-4-6-7;;;/h9-12H,7-8H2,1-6H3;5H,1-3H3;1-6H;2*1H;/q;;;;;+2/p-2. The van der Waals surface area contributed by atoms with Crippen LogP contribution in [-0.2, 0) is 13.5 Å². The van der Waals surface area contributed by atoms with Gasteiger partial charge in [-0.1, -0.05) is 58.6 Å². The fourth-order valence-corrected chi connectivity index (χ4v) is 7.72. The number of anilines is 2. The molecule has 5 rings (SSSR count). The van der Waals surface area contributed by atoms with Crippen LogP contribution in [-0.4, -0.2) is 40.6 Å². The minimum absolute atomic E-state index is 0.293. The van der Waals surface area contributed by atoms with Crippen molar-refractivity contribution in [2.24, 2.45) is 0 Å². The number of benzene rings is 3. The van der Waals surface area contributed by atoms with Crippen molar-refractivity contribution in [1.82, 2.24) is 9.80 Å². The summed E-state index contributed by atoms with van der Waals surface area (Å²) >= 11 is 10.1. The first-order valence-corrected chi connectivity index (χ1v) is 20.6. The van der Waals surface area contributed by atoms with E-state index in [9.17, 15) is 0 Å². The summed E-state index contributed by atoms with van der Waals surface area (Å²) in [4.78, 5) is 8.03. The summed E-state index contributed by atoms with van der Waals surface area (Å²) in [6.45, 7) is 25.7. The summed E-state index contributed by atoms with van der Waals surface area (Å²) in [5.74, 6) is 0. The van der Waals surface area contributed by atoms with E-state index < -0.39 is 13.5 Å². The summed E-state index contributed by atoms with van der Waals surface area (Å²) in [5, 5.41) is 1.07. The van der Waals surface area contributed by atoms with Gasteiger partial charge in [0.05, 0.1) is 0 Å². The van der Waals surface area contributed by atoms with Crippen molar-refractivity contribution in [3.8, 4) is 0 Å². The molecular weight excluding hydrogens is 719 g/mol. The van der Waals surface area contributed by atoms with Crippen molar-refractivity contribution in [3.05, 3.63) is 117 Å². The van der Waals surface area contributed by atoms with E-state index in [4.69, 9.17) is 42.6 Å². The van der Waals surface area contributed by atoms with E-state index in [1.54, 1.807) is 9.80 Å². The molecule has 238 valence electrons. The maximum absolute atomic E-state index is 5.89. The molecule has 2 heterocycles. The van der Waals surface area contributed by atoms with Gasteiger partial charge in [-0.25, -0.2) is 0 Å². The second-order valence-corrected chi connectivity index (χ2v) is 17.8. The average molecular weight is 762 g/mol. The molecule has 4 nitrogen and oxygen atoms in total. The number of aryl methyl sites for hydroxylation is 6. The Kier molecular flexibility index (Phi) is 13.9. The van der Waals surface area contributed by atoms with E-state index in [0.29, 0.717) is 16.4 Å². The molecule has 1 fully saturated rings. The Bertz CT molecular complexity index is 1380. The summed E-state index contributed by atoms with van der Waals surface area (Å²) in [6, 6.07) is 19.2. The van der Waals surface area contributed by atoms with Crippen molar-refractivity contribution in [2.45, 2.75) is 61.4 Å². The molecule has 0 aromatic heterocycles. The molecule has 0 spiro atoms. The topological polar surface area (TPSA) is 13.0 Å². The first-order valence-electron chi connectivity index (χ1n) is 14.4. The van der Waals surface area contributed by atoms with Gasteiger partial charge in [0.15, 0.2) is 0 Å². The Morgan fingerprint density at radius 1 is 0.705 bits per heavy atom. The van der Waals surface area contributed by atoms with Gasteiger partial charge in [0.1, 0.15) is 10.3 Å². The van der Waals surface area contributed by atoms with Crippen LogP contribution in [0.5, 0.6) is 0 Å². The predicted octanol–water partition coefficient (Wildman–Crippen LogP) is 9.87. The fraction of sp³-hybridized carbons (Fsp3) is 0.343. The first-order chi connectivity index (χ1) is 20.7. The zero-order valence-electron chi connectivity index (χ0n) is 26.9. The van der Waals surface area contributed by atoms with Gasteiger partial charge in [-0.2, -0.15) is 0 Å². The molecule has 1 saturated heterocycles. The van der Waals surface area contributed by atoms with Crippen LogP contribution in [0.2, 0.25) is 0 Å². The fourth-order valence-electron chi connectivity index (χ4n) is 5.41. The van der Waals surface area contributed by atoms with Crippen molar-refractivity contribution in [2.75, 3.05) is 29.9 Å². The van der Waals surface area contributed by atoms with Crippen molar-refractivity contribution < 1.29 is 13.5 Å². The van der Waals surface area contributed by atoms with Crippen molar-refractivity contribution in [1.29, 1.82) is 0 Å². The maximum atomic E-state index is 5.89. The summed E-state index contributed by atoms with van der Waals surface area (Å²) in [7, 11) is 13.1. The molecule has 0 amide bonds. The molecule has 3 aromatic rings. The third-order valence-electron chi connectivity index (χ3n) is 7.04. The zero-order chi connectivity index (χ0) is 32.7. The van der Waals surface area contributed by atoms with Crippen molar-refractivity contribution >= 4 is 58.6 Å². The zero-order valence-corrected chi connectivity index (χ0v) is 31.7. The number of nitrogens with zero attached hydrogens (tertiary/aromatic N) is 4. The minimum atomic E-state index is -1.61. The molecule has 0 N–H and O–H groups in total. The number of halogens is 4. The van der Waals surface area contributed by atoms with Crippen LogP contribution in [0.15, 0.2) is 64.9 Å². The van der Waals surface area contributed by atoms with Crippen LogP contribution in [0.25, 0.3) is 0 Å². The van der Waals surface area contributed by atoms with E-state index in [1.807, 2.05) is 55.8 Å². The second kappa shape index (κ2) is 16.7. The van der Waals surface area contributed by atoms with Crippen LogP contribution in [0.1, 0.15) is 52.8 Å². The number of hydrogen-bond donors (Lipinski definition) is 0. The van der Waals surface area contributed by atoms with E-state index in [2.05, 4.69) is 88.9 Å². The number of hydrogen-bond acceptors (Lipinski definition) is 4. The van der Waals surface area contributed by atoms with Gasteiger partial charge in [-0.05, 0) is 77.6 Å². The Labute approximate surface area is 288 Å². The molecule has 0 bridgehead atoms. The van der Waals surface area contributed by atoms with Gasteiger partial charge < -0.3 is 19.6 Å². The molecular formula is C35H42Cl4N4Ru. The van der Waals surface area contributed by atoms with Crippen molar-refractivity contribution in [3.63, 3.8) is 0 Å². The van der Waals surface area contributed by atoms with Gasteiger partial charge in [0.25, 0.3) is 0 Å². The van der Waals surface area contributed by atoms with Gasteiger partial charge in [-0.15, -0.1) is 0 Å². The molecule has 0 unspecified atom stereocenters. The van der Waals surface area contributed by atoms with Crippen LogP contribution in [0.3, 0.4) is 0 Å². The van der Waals surface area contributed by atoms with E-state index in [-0.39, 0.29) is 0 Å². The van der Waals surface area contributed by atoms with Crippen LogP contribution >= 0.6 is 42.6 Å². The van der Waals surface area contributed by atoms with E-state index in [0.717, 1.165) is 18.7 Å². The molecule has 2 aliphatic rings. The van der Waals surface area contributed by atoms with Crippen LogP contribution in [0.4, 0.5) is 11.4 Å². The normalized spacial score (nSPS) is 14.9. The Morgan fingerprint density at radius 3 is 1.45 bits per heavy atom. The molecule has 3 aromatic carbocycles. The molecule has 0 saturated carbocycles. The molecule has 0 aliphatic carbocycles. The summed E-state index contributed by atoms with van der Waals surface area (Å²) in [6.07, 6.45) is 0. The van der Waals surface area contributed by atoms with Crippen LogP contribution < -0.4 is 9.80 Å². The average Bonchev–Trinajstić information content (AvgIpc) is 3.49. The first kappa shape index (κ1) is 36.7. The molecule has 44 heavy (non-hydrogen) atoms. The SMILES string of the molecule is CC(C)N1[C]N(C)C(Cl)=C1Cl.Cc1cc(C)c(N2[C]N(c3c(C)cc(C)cc3C)CC2)c(C)c1.[Cl][Ru]([Cl])=[CH]c1ccccc1. The second-order valence-electron chi connectivity index (χ2n) is 11.3. The summed E-state index contributed by atoms with van der Waals surface area (Å²) < 4.78 is 1.92. The monoisotopic (exact) mass is 760 g/mol. The van der Waals surface area contributed by atoms with Gasteiger partial charge in [0.2, 0.25) is 13.3 Å². The van der Waals surface area contributed by atoms with Gasteiger partial charge in [-0.3, -0.25) is 0 Å². The van der Waals surface area contributed by atoms with E-state index in [1.165, 1.54) is 44.8 Å². The third-order valence-corrected chi connectivity index (χ3v) is 9.81. The molecule has 2 aliphatic heterocycles. The summed E-state index contributed by atoms with van der Waals surface area (Å²) in [5.41, 5.74) is 11.7. The Balaban J connectivity index is 0.000000209.